The molecule has 0 spiro atoms. The Kier molecular flexibility index (Phi) is 2.85. The summed E-state index contributed by atoms with van der Waals surface area (Å²) in [6.45, 7) is 2.34. The van der Waals surface area contributed by atoms with Crippen molar-refractivity contribution in [2.24, 2.45) is 11.8 Å². The summed E-state index contributed by atoms with van der Waals surface area (Å²) in [5.74, 6) is 1.84. The zero-order valence-electron chi connectivity index (χ0n) is 5.88. The van der Waals surface area contributed by atoms with Gasteiger partial charge in [-0.2, -0.15) is 12.6 Å². The van der Waals surface area contributed by atoms with E-state index < -0.39 is 0 Å². The average Bonchev–Trinajstić information content (AvgIpc) is 2.10. The van der Waals surface area contributed by atoms with Gasteiger partial charge in [0, 0.05) is 5.25 Å². The first kappa shape index (κ1) is 7.88. The molecule has 0 aliphatic heterocycles. The molecule has 0 heterocycles. The molecule has 2 heteroatoms. The van der Waals surface area contributed by atoms with Gasteiger partial charge in [-0.3, -0.25) is 0 Å². The molecule has 4 atom stereocenters. The lowest BCUT2D eigenvalue weighted by atomic mass is 10.0. The summed E-state index contributed by atoms with van der Waals surface area (Å²) < 4.78 is 0. The Morgan fingerprint density at radius 2 is 2.22 bits per heavy atom. The Balaban J connectivity index is 2.38. The van der Waals surface area contributed by atoms with Crippen molar-refractivity contribution in [3.05, 3.63) is 0 Å². The maximum atomic E-state index is 4.46. The van der Waals surface area contributed by atoms with E-state index in [0.717, 1.165) is 11.8 Å². The summed E-state index contributed by atoms with van der Waals surface area (Å²) >= 11 is 4.46. The molecule has 1 rings (SSSR count). The molecular weight excluding hydrogens is 147 g/mol. The molecule has 0 amide bonds. The van der Waals surface area contributed by atoms with Gasteiger partial charge >= 0.3 is 0 Å². The van der Waals surface area contributed by atoms with Gasteiger partial charge < -0.3 is 0 Å². The van der Waals surface area contributed by atoms with Gasteiger partial charge in [-0.25, -0.2) is 0 Å². The van der Waals surface area contributed by atoms with Gasteiger partial charge in [-0.05, 0) is 30.8 Å². The minimum atomic E-state index is 0.686. The maximum Gasteiger partial charge on any atom is 0.00223 e. The van der Waals surface area contributed by atoms with Gasteiger partial charge in [0.1, 0.15) is 0 Å². The summed E-state index contributed by atoms with van der Waals surface area (Å²) in [7, 11) is 2.83. The van der Waals surface area contributed by atoms with Crippen LogP contribution in [0, 0.1) is 11.8 Å². The third-order valence-corrected chi connectivity index (χ3v) is 3.35. The molecule has 1 aliphatic carbocycles. The van der Waals surface area contributed by atoms with Crippen LogP contribution in [0.25, 0.3) is 0 Å². The predicted octanol–water partition coefficient (Wildman–Crippen LogP) is 2.21. The van der Waals surface area contributed by atoms with Crippen LogP contribution < -0.4 is 0 Å². The van der Waals surface area contributed by atoms with E-state index in [2.05, 4.69) is 28.8 Å². The number of rotatable bonds is 1. The van der Waals surface area contributed by atoms with E-state index in [1.165, 1.54) is 19.0 Å². The van der Waals surface area contributed by atoms with Crippen LogP contribution in [0.3, 0.4) is 0 Å². The molecule has 0 saturated heterocycles. The average molecular weight is 162 g/mol. The normalized spacial score (nSPS) is 43.7. The number of hydrogen-bond acceptors (Lipinski definition) is 1. The van der Waals surface area contributed by atoms with Crippen molar-refractivity contribution in [2.75, 3.05) is 6.16 Å². The second-order valence-electron chi connectivity index (χ2n) is 3.10. The Morgan fingerprint density at radius 3 is 2.44 bits per heavy atom. The highest BCUT2D eigenvalue weighted by atomic mass is 32.1. The third kappa shape index (κ3) is 1.85. The van der Waals surface area contributed by atoms with Crippen molar-refractivity contribution in [1.82, 2.24) is 0 Å². The van der Waals surface area contributed by atoms with Crippen LogP contribution in [0.1, 0.15) is 19.8 Å². The molecule has 0 N–H and O–H groups in total. The Bertz CT molecular complexity index is 94.9. The molecule has 0 radical (unpaired) electrons. The lowest BCUT2D eigenvalue weighted by molar-refractivity contribution is 0.464. The fourth-order valence-electron chi connectivity index (χ4n) is 1.63. The lowest BCUT2D eigenvalue weighted by Crippen LogP contribution is -2.03. The van der Waals surface area contributed by atoms with Crippen molar-refractivity contribution in [1.29, 1.82) is 0 Å². The smallest absolute Gasteiger partial charge is 0.00223 e. The van der Waals surface area contributed by atoms with Crippen LogP contribution in [0.4, 0.5) is 0 Å². The van der Waals surface area contributed by atoms with E-state index in [0.29, 0.717) is 5.25 Å². The molecule has 0 aromatic heterocycles. The zero-order valence-corrected chi connectivity index (χ0v) is 7.93. The van der Waals surface area contributed by atoms with Crippen molar-refractivity contribution in [2.45, 2.75) is 25.0 Å². The fraction of sp³-hybridized carbons (Fsp3) is 1.00. The van der Waals surface area contributed by atoms with Crippen LogP contribution in [-0.2, 0) is 0 Å². The maximum absolute atomic E-state index is 4.46. The predicted molar refractivity (Wildman–Crippen MR) is 49.2 cm³/mol. The summed E-state index contributed by atoms with van der Waals surface area (Å²) in [5, 5.41) is 0.686. The topological polar surface area (TPSA) is 0 Å². The molecular formula is C7H15PS. The summed E-state index contributed by atoms with van der Waals surface area (Å²) in [6, 6.07) is 0. The quantitative estimate of drug-likeness (QED) is 0.443. The first-order chi connectivity index (χ1) is 4.24. The minimum Gasteiger partial charge on any atom is -0.176 e. The molecule has 9 heavy (non-hydrogen) atoms. The first-order valence-electron chi connectivity index (χ1n) is 3.62. The van der Waals surface area contributed by atoms with Crippen molar-refractivity contribution < 1.29 is 0 Å². The summed E-state index contributed by atoms with van der Waals surface area (Å²) in [5.41, 5.74) is 0. The van der Waals surface area contributed by atoms with Crippen LogP contribution >= 0.6 is 21.9 Å². The second-order valence-corrected chi connectivity index (χ2v) is 4.30. The van der Waals surface area contributed by atoms with E-state index in [4.69, 9.17) is 0 Å². The first-order valence-corrected chi connectivity index (χ1v) is 4.95. The molecule has 0 nitrogen and oxygen atoms in total. The highest BCUT2D eigenvalue weighted by molar-refractivity contribution is 7.80. The molecule has 54 valence electrons. The SMILES string of the molecule is CC1CC(S)CC1CP. The van der Waals surface area contributed by atoms with E-state index in [1.807, 2.05) is 0 Å². The minimum absolute atomic E-state index is 0.686. The number of hydrogen-bond donors (Lipinski definition) is 1. The van der Waals surface area contributed by atoms with E-state index >= 15 is 0 Å². The molecule has 0 aromatic rings. The lowest BCUT2D eigenvalue weighted by Gasteiger charge is -2.09. The monoisotopic (exact) mass is 162 g/mol. The fourth-order valence-corrected chi connectivity index (χ4v) is 2.89. The van der Waals surface area contributed by atoms with Crippen LogP contribution in [0.15, 0.2) is 0 Å². The molecule has 1 saturated carbocycles. The van der Waals surface area contributed by atoms with Crippen LogP contribution in [-0.4, -0.2) is 11.4 Å². The molecule has 1 aliphatic rings. The zero-order chi connectivity index (χ0) is 6.85. The highest BCUT2D eigenvalue weighted by Gasteiger charge is 2.27. The van der Waals surface area contributed by atoms with Crippen molar-refractivity contribution in [3.63, 3.8) is 0 Å². The van der Waals surface area contributed by atoms with Gasteiger partial charge in [0.15, 0.2) is 0 Å². The van der Waals surface area contributed by atoms with E-state index in [-0.39, 0.29) is 0 Å². The molecule has 4 unspecified atom stereocenters. The van der Waals surface area contributed by atoms with Crippen LogP contribution in [0.5, 0.6) is 0 Å². The van der Waals surface area contributed by atoms with E-state index in [1.54, 1.807) is 0 Å². The molecule has 0 bridgehead atoms. The Morgan fingerprint density at radius 1 is 1.56 bits per heavy atom. The van der Waals surface area contributed by atoms with Gasteiger partial charge in [0.05, 0.1) is 0 Å². The standard InChI is InChI=1S/C7H15PS/c1-5-2-7(9)3-6(5)4-8/h5-7,9H,2-4,8H2,1H3. The van der Waals surface area contributed by atoms with Crippen molar-refractivity contribution in [3.8, 4) is 0 Å². The van der Waals surface area contributed by atoms with E-state index in [9.17, 15) is 0 Å². The van der Waals surface area contributed by atoms with Gasteiger partial charge in [0.25, 0.3) is 0 Å². The van der Waals surface area contributed by atoms with Crippen LogP contribution in [0.2, 0.25) is 0 Å². The summed E-state index contributed by atoms with van der Waals surface area (Å²) in [4.78, 5) is 0. The summed E-state index contributed by atoms with van der Waals surface area (Å²) in [6.07, 6.45) is 3.91. The Hall–Kier alpha value is 0.780. The molecule has 1 fully saturated rings. The third-order valence-electron chi connectivity index (χ3n) is 2.33. The largest absolute Gasteiger partial charge is 0.176 e. The van der Waals surface area contributed by atoms with Gasteiger partial charge in [-0.1, -0.05) is 6.92 Å². The second kappa shape index (κ2) is 3.25. The highest BCUT2D eigenvalue weighted by Crippen LogP contribution is 2.35. The van der Waals surface area contributed by atoms with Gasteiger partial charge in [-0.15, -0.1) is 9.24 Å². The number of thiol groups is 1. The molecule has 0 aromatic carbocycles. The van der Waals surface area contributed by atoms with Gasteiger partial charge in [0.2, 0.25) is 0 Å². The Labute approximate surface area is 65.4 Å². The van der Waals surface area contributed by atoms with Crippen molar-refractivity contribution >= 4 is 21.9 Å².